The van der Waals surface area contributed by atoms with E-state index in [1.807, 2.05) is 43.5 Å². The van der Waals surface area contributed by atoms with Gasteiger partial charge in [0.1, 0.15) is 5.75 Å². The Morgan fingerprint density at radius 2 is 2.08 bits per heavy atom. The Bertz CT molecular complexity index is 644. The van der Waals surface area contributed by atoms with E-state index in [0.29, 0.717) is 6.61 Å². The quantitative estimate of drug-likeness (QED) is 0.871. The summed E-state index contributed by atoms with van der Waals surface area (Å²) in [6.45, 7) is 6.68. The van der Waals surface area contributed by atoms with Crippen LogP contribution in [0.4, 0.5) is 0 Å². The Balaban J connectivity index is 1.95. The zero-order valence-corrected chi connectivity index (χ0v) is 14.8. The molecule has 2 aromatic rings. The molecule has 1 aliphatic heterocycles. The van der Waals surface area contributed by atoms with E-state index in [4.69, 9.17) is 16.3 Å². The van der Waals surface area contributed by atoms with E-state index in [0.717, 1.165) is 54.6 Å². The molecule has 2 heterocycles. The fourth-order valence-electron chi connectivity index (χ4n) is 3.21. The molecule has 1 aliphatic rings. The van der Waals surface area contributed by atoms with Crippen LogP contribution in [0.25, 0.3) is 0 Å². The van der Waals surface area contributed by atoms with Gasteiger partial charge in [0, 0.05) is 61.1 Å². The van der Waals surface area contributed by atoms with Crippen LogP contribution < -0.4 is 10.1 Å². The lowest BCUT2D eigenvalue weighted by molar-refractivity contribution is 0.167. The smallest absolute Gasteiger partial charge is 0.124 e. The number of nitrogens with one attached hydrogen (secondary N) is 1. The first kappa shape index (κ1) is 17.2. The zero-order chi connectivity index (χ0) is 16.8. The van der Waals surface area contributed by atoms with Gasteiger partial charge < -0.3 is 10.1 Å². The number of piperazine rings is 1. The number of rotatable bonds is 6. The van der Waals surface area contributed by atoms with Crippen LogP contribution >= 0.6 is 11.6 Å². The molecule has 0 spiro atoms. The van der Waals surface area contributed by atoms with Crippen LogP contribution in [0.3, 0.4) is 0 Å². The lowest BCUT2D eigenvalue weighted by Gasteiger charge is -2.36. The Morgan fingerprint density at radius 1 is 1.25 bits per heavy atom. The molecule has 1 aromatic carbocycles. The first-order chi connectivity index (χ1) is 11.8. The first-order valence-corrected chi connectivity index (χ1v) is 8.92. The van der Waals surface area contributed by atoms with Gasteiger partial charge in [-0.05, 0) is 37.3 Å². The molecule has 0 amide bonds. The average molecular weight is 346 g/mol. The van der Waals surface area contributed by atoms with Crippen LogP contribution in [0.5, 0.6) is 5.75 Å². The van der Waals surface area contributed by atoms with E-state index in [1.54, 1.807) is 0 Å². The minimum atomic E-state index is 0.210. The summed E-state index contributed by atoms with van der Waals surface area (Å²) in [5, 5.41) is 4.17. The first-order valence-electron chi connectivity index (χ1n) is 8.55. The van der Waals surface area contributed by atoms with Crippen molar-refractivity contribution in [1.29, 1.82) is 0 Å². The summed E-state index contributed by atoms with van der Waals surface area (Å²) in [6.07, 6.45) is 2.70. The highest BCUT2D eigenvalue weighted by atomic mass is 35.5. The third kappa shape index (κ3) is 4.26. The molecule has 1 saturated heterocycles. The standard InChI is InChI=1S/C19H24ClN3O/c1-2-24-19-7-6-15(20)13-17(19)18(23-11-9-21-10-12-23)14-16-5-3-4-8-22-16/h3-8,13,18,21H,2,9-12,14H2,1H3. The van der Waals surface area contributed by atoms with Crippen LogP contribution in [0.2, 0.25) is 5.02 Å². The second-order valence-corrected chi connectivity index (χ2v) is 6.38. The maximum Gasteiger partial charge on any atom is 0.124 e. The average Bonchev–Trinajstić information content (AvgIpc) is 2.63. The normalized spacial score (nSPS) is 16.8. The third-order valence-corrected chi connectivity index (χ3v) is 4.59. The van der Waals surface area contributed by atoms with Crippen LogP contribution in [-0.4, -0.2) is 42.7 Å². The molecule has 1 atom stereocenters. The van der Waals surface area contributed by atoms with Crippen molar-refractivity contribution in [3.8, 4) is 5.75 Å². The Labute approximate surface area is 148 Å². The maximum atomic E-state index is 6.30. The van der Waals surface area contributed by atoms with Gasteiger partial charge in [0.05, 0.1) is 6.61 Å². The molecule has 0 aliphatic carbocycles. The molecule has 128 valence electrons. The van der Waals surface area contributed by atoms with E-state index in [9.17, 15) is 0 Å². The number of nitrogens with zero attached hydrogens (tertiary/aromatic N) is 2. The monoisotopic (exact) mass is 345 g/mol. The topological polar surface area (TPSA) is 37.4 Å². The van der Waals surface area contributed by atoms with Gasteiger partial charge in [0.15, 0.2) is 0 Å². The van der Waals surface area contributed by atoms with Gasteiger partial charge in [0.2, 0.25) is 0 Å². The molecule has 1 unspecified atom stereocenters. The van der Waals surface area contributed by atoms with E-state index >= 15 is 0 Å². The minimum Gasteiger partial charge on any atom is -0.494 e. The molecule has 1 N–H and O–H groups in total. The number of hydrogen-bond acceptors (Lipinski definition) is 4. The third-order valence-electron chi connectivity index (χ3n) is 4.35. The molecule has 0 bridgehead atoms. The minimum absolute atomic E-state index is 0.210. The van der Waals surface area contributed by atoms with Crippen LogP contribution in [-0.2, 0) is 6.42 Å². The Morgan fingerprint density at radius 3 is 2.79 bits per heavy atom. The van der Waals surface area contributed by atoms with Gasteiger partial charge >= 0.3 is 0 Å². The molecular formula is C19H24ClN3O. The van der Waals surface area contributed by atoms with Crippen LogP contribution in [0, 0.1) is 0 Å². The van der Waals surface area contributed by atoms with Gasteiger partial charge in [-0.15, -0.1) is 0 Å². The van der Waals surface area contributed by atoms with Crippen molar-refractivity contribution in [1.82, 2.24) is 15.2 Å². The number of halogens is 1. The van der Waals surface area contributed by atoms with Crippen molar-refractivity contribution in [2.75, 3.05) is 32.8 Å². The summed E-state index contributed by atoms with van der Waals surface area (Å²) >= 11 is 6.30. The summed E-state index contributed by atoms with van der Waals surface area (Å²) in [7, 11) is 0. The lowest BCUT2D eigenvalue weighted by Crippen LogP contribution is -2.45. The van der Waals surface area contributed by atoms with Crippen molar-refractivity contribution >= 4 is 11.6 Å². The molecule has 1 fully saturated rings. The summed E-state index contributed by atoms with van der Waals surface area (Å²) in [5.41, 5.74) is 2.24. The number of aromatic nitrogens is 1. The molecular weight excluding hydrogens is 322 g/mol. The molecule has 1 aromatic heterocycles. The van der Waals surface area contributed by atoms with Gasteiger partial charge in [-0.3, -0.25) is 9.88 Å². The highest BCUT2D eigenvalue weighted by Gasteiger charge is 2.26. The fourth-order valence-corrected chi connectivity index (χ4v) is 3.39. The number of ether oxygens (including phenoxy) is 1. The highest BCUT2D eigenvalue weighted by molar-refractivity contribution is 6.30. The SMILES string of the molecule is CCOc1ccc(Cl)cc1C(Cc1ccccn1)N1CCNCC1. The predicted molar refractivity (Wildman–Crippen MR) is 97.7 cm³/mol. The van der Waals surface area contributed by atoms with Crippen molar-refractivity contribution in [2.24, 2.45) is 0 Å². The Kier molecular flexibility index (Phi) is 6.07. The second-order valence-electron chi connectivity index (χ2n) is 5.94. The summed E-state index contributed by atoms with van der Waals surface area (Å²) in [5.74, 6) is 0.918. The van der Waals surface area contributed by atoms with Crippen LogP contribution in [0.15, 0.2) is 42.6 Å². The van der Waals surface area contributed by atoms with Gasteiger partial charge in [-0.25, -0.2) is 0 Å². The molecule has 0 saturated carbocycles. The Hall–Kier alpha value is -1.62. The van der Waals surface area contributed by atoms with Crippen molar-refractivity contribution in [3.05, 3.63) is 58.9 Å². The maximum absolute atomic E-state index is 6.30. The van der Waals surface area contributed by atoms with E-state index in [-0.39, 0.29) is 6.04 Å². The summed E-state index contributed by atoms with van der Waals surface area (Å²) in [4.78, 5) is 7.02. The van der Waals surface area contributed by atoms with Crippen molar-refractivity contribution in [2.45, 2.75) is 19.4 Å². The van der Waals surface area contributed by atoms with Gasteiger partial charge in [-0.2, -0.15) is 0 Å². The molecule has 4 nitrogen and oxygen atoms in total. The largest absolute Gasteiger partial charge is 0.494 e. The lowest BCUT2D eigenvalue weighted by atomic mass is 9.98. The molecule has 0 radical (unpaired) electrons. The molecule has 5 heteroatoms. The number of benzene rings is 1. The number of pyridine rings is 1. The van der Waals surface area contributed by atoms with E-state index in [2.05, 4.69) is 21.3 Å². The van der Waals surface area contributed by atoms with Gasteiger partial charge in [-0.1, -0.05) is 17.7 Å². The van der Waals surface area contributed by atoms with E-state index in [1.165, 1.54) is 0 Å². The number of hydrogen-bond donors (Lipinski definition) is 1. The zero-order valence-electron chi connectivity index (χ0n) is 14.0. The highest BCUT2D eigenvalue weighted by Crippen LogP contribution is 2.34. The summed E-state index contributed by atoms with van der Waals surface area (Å²) < 4.78 is 5.88. The molecule has 24 heavy (non-hydrogen) atoms. The van der Waals surface area contributed by atoms with Crippen LogP contribution in [0.1, 0.15) is 24.2 Å². The van der Waals surface area contributed by atoms with Crippen molar-refractivity contribution in [3.63, 3.8) is 0 Å². The van der Waals surface area contributed by atoms with E-state index < -0.39 is 0 Å². The second kappa shape index (κ2) is 8.47. The van der Waals surface area contributed by atoms with Crippen molar-refractivity contribution < 1.29 is 4.74 Å². The summed E-state index contributed by atoms with van der Waals surface area (Å²) in [6, 6.07) is 12.2. The predicted octanol–water partition coefficient (Wildman–Crippen LogP) is 3.32. The fraction of sp³-hybridized carbons (Fsp3) is 0.421. The molecule has 3 rings (SSSR count). The van der Waals surface area contributed by atoms with Gasteiger partial charge in [0.25, 0.3) is 0 Å².